The maximum atomic E-state index is 11.2. The fourth-order valence-corrected chi connectivity index (χ4v) is 4.43. The molecule has 0 radical (unpaired) electrons. The molecule has 0 unspecified atom stereocenters. The molecule has 7 heteroatoms. The number of β-amino-alcohol motifs (C(OH)–C–C–N with tert-alkyl or cyclic N) is 1. The van der Waals surface area contributed by atoms with Crippen LogP contribution in [0.5, 0.6) is 0 Å². The van der Waals surface area contributed by atoms with Crippen molar-refractivity contribution in [2.24, 2.45) is 11.8 Å². The lowest BCUT2D eigenvalue weighted by molar-refractivity contribution is -0.0615. The average molecular weight is 346 g/mol. The molecule has 1 saturated carbocycles. The normalized spacial score (nSPS) is 31.4. The summed E-state index contributed by atoms with van der Waals surface area (Å²) >= 11 is 0. The molecule has 2 atom stereocenters. The van der Waals surface area contributed by atoms with Crippen molar-refractivity contribution in [1.29, 1.82) is 0 Å². The molecule has 0 aromatic carbocycles. The van der Waals surface area contributed by atoms with Gasteiger partial charge in [0, 0.05) is 51.3 Å². The highest BCUT2D eigenvalue weighted by Crippen LogP contribution is 2.45. The summed E-state index contributed by atoms with van der Waals surface area (Å²) in [6.07, 6.45) is 3.54. The van der Waals surface area contributed by atoms with E-state index in [1.165, 1.54) is 6.42 Å². The lowest BCUT2D eigenvalue weighted by atomic mass is 9.69. The molecule has 1 aromatic rings. The fourth-order valence-electron chi connectivity index (χ4n) is 4.43. The molecule has 0 bridgehead atoms. The number of aromatic nitrogens is 2. The smallest absolute Gasteiger partial charge is 0.223 e. The average Bonchev–Trinajstić information content (AvgIpc) is 2.81. The van der Waals surface area contributed by atoms with Crippen LogP contribution in [0.4, 0.5) is 17.6 Å². The number of nitrogens with zero attached hydrogens (tertiary/aromatic N) is 5. The Labute approximate surface area is 149 Å². The van der Waals surface area contributed by atoms with Crippen LogP contribution in [0.25, 0.3) is 0 Å². The summed E-state index contributed by atoms with van der Waals surface area (Å²) in [7, 11) is 2.14. The van der Waals surface area contributed by atoms with Gasteiger partial charge in [-0.05, 0) is 25.8 Å². The number of piperazine rings is 1. The summed E-state index contributed by atoms with van der Waals surface area (Å²) in [5.74, 6) is 2.76. The van der Waals surface area contributed by atoms with Crippen molar-refractivity contribution >= 4 is 17.6 Å². The Morgan fingerprint density at radius 3 is 2.36 bits per heavy atom. The number of rotatable bonds is 3. The summed E-state index contributed by atoms with van der Waals surface area (Å²) in [6.45, 7) is 7.60. The van der Waals surface area contributed by atoms with E-state index in [2.05, 4.69) is 38.6 Å². The zero-order valence-corrected chi connectivity index (χ0v) is 15.4. The Morgan fingerprint density at radius 1 is 1.12 bits per heavy atom. The maximum Gasteiger partial charge on any atom is 0.223 e. The van der Waals surface area contributed by atoms with E-state index in [9.17, 15) is 5.11 Å². The van der Waals surface area contributed by atoms with Gasteiger partial charge in [0.15, 0.2) is 0 Å². The number of aliphatic hydroxyl groups is 1. The van der Waals surface area contributed by atoms with Crippen LogP contribution in [0.1, 0.15) is 26.2 Å². The predicted octanol–water partition coefficient (Wildman–Crippen LogP) is 0.798. The van der Waals surface area contributed by atoms with Crippen LogP contribution in [0.3, 0.4) is 0 Å². The van der Waals surface area contributed by atoms with Gasteiger partial charge in [0.1, 0.15) is 11.6 Å². The highest BCUT2D eigenvalue weighted by Gasteiger charge is 2.50. The molecule has 2 aliphatic heterocycles. The molecule has 3 fully saturated rings. The zero-order valence-electron chi connectivity index (χ0n) is 15.4. The SMILES string of the molecule is C[C@@H]1CN(c2cc(N3CCN(C)CC3)nc(N)n2)C[C@@]1(O)C1CCC1. The van der Waals surface area contributed by atoms with Crippen molar-refractivity contribution in [3.8, 4) is 0 Å². The van der Waals surface area contributed by atoms with E-state index in [1.807, 2.05) is 6.07 Å². The molecular weight excluding hydrogens is 316 g/mol. The van der Waals surface area contributed by atoms with Gasteiger partial charge < -0.3 is 25.5 Å². The Morgan fingerprint density at radius 2 is 1.76 bits per heavy atom. The van der Waals surface area contributed by atoms with Crippen molar-refractivity contribution in [3.63, 3.8) is 0 Å². The highest BCUT2D eigenvalue weighted by atomic mass is 16.3. The Balaban J connectivity index is 1.54. The largest absolute Gasteiger partial charge is 0.387 e. The van der Waals surface area contributed by atoms with Gasteiger partial charge in [-0.15, -0.1) is 0 Å². The van der Waals surface area contributed by atoms with E-state index in [4.69, 9.17) is 5.73 Å². The summed E-state index contributed by atoms with van der Waals surface area (Å²) in [4.78, 5) is 15.7. The topological polar surface area (TPSA) is 81.8 Å². The van der Waals surface area contributed by atoms with Gasteiger partial charge >= 0.3 is 0 Å². The number of likely N-dealkylation sites (N-methyl/N-ethyl adjacent to an activating group) is 1. The van der Waals surface area contributed by atoms with Crippen molar-refractivity contribution in [2.45, 2.75) is 31.8 Å². The third kappa shape index (κ3) is 3.04. The first-order chi connectivity index (χ1) is 12.0. The summed E-state index contributed by atoms with van der Waals surface area (Å²) in [5.41, 5.74) is 5.42. The molecule has 1 aromatic heterocycles. The van der Waals surface area contributed by atoms with Crippen LogP contribution in [0.15, 0.2) is 6.07 Å². The summed E-state index contributed by atoms with van der Waals surface area (Å²) < 4.78 is 0. The van der Waals surface area contributed by atoms with Crippen molar-refractivity contribution in [1.82, 2.24) is 14.9 Å². The van der Waals surface area contributed by atoms with E-state index in [0.29, 0.717) is 18.4 Å². The van der Waals surface area contributed by atoms with Gasteiger partial charge in [-0.3, -0.25) is 0 Å². The van der Waals surface area contributed by atoms with Gasteiger partial charge in [0.25, 0.3) is 0 Å². The standard InChI is InChI=1S/C18H30N6O/c1-13-11-24(12-18(13,25)14-4-3-5-14)16-10-15(20-17(19)21-16)23-8-6-22(2)7-9-23/h10,13-14,25H,3-9,11-12H2,1-2H3,(H2,19,20,21)/t13-,18+/m1/s1. The Kier molecular flexibility index (Phi) is 4.24. The third-order valence-electron chi connectivity index (χ3n) is 6.47. The van der Waals surface area contributed by atoms with Crippen LogP contribution in [0, 0.1) is 11.8 Å². The first-order valence-corrected chi connectivity index (χ1v) is 9.51. The third-order valence-corrected chi connectivity index (χ3v) is 6.47. The van der Waals surface area contributed by atoms with Crippen LogP contribution in [0.2, 0.25) is 0 Å². The second-order valence-corrected chi connectivity index (χ2v) is 8.13. The quantitative estimate of drug-likeness (QED) is 0.838. The fraction of sp³-hybridized carbons (Fsp3) is 0.778. The van der Waals surface area contributed by atoms with E-state index in [1.54, 1.807) is 0 Å². The van der Waals surface area contributed by atoms with Gasteiger partial charge in [-0.25, -0.2) is 0 Å². The molecule has 3 aliphatic rings. The first kappa shape index (κ1) is 16.8. The van der Waals surface area contributed by atoms with Crippen molar-refractivity contribution in [3.05, 3.63) is 6.07 Å². The second kappa shape index (κ2) is 6.29. The number of anilines is 3. The predicted molar refractivity (Wildman–Crippen MR) is 99.8 cm³/mol. The molecule has 0 amide bonds. The molecule has 4 rings (SSSR count). The summed E-state index contributed by atoms with van der Waals surface area (Å²) in [5, 5.41) is 11.2. The molecule has 3 N–H and O–H groups in total. The van der Waals surface area contributed by atoms with Crippen LogP contribution < -0.4 is 15.5 Å². The summed E-state index contributed by atoms with van der Waals surface area (Å²) in [6, 6.07) is 2.04. The zero-order chi connectivity index (χ0) is 17.6. The van der Waals surface area contributed by atoms with Crippen molar-refractivity contribution < 1.29 is 5.11 Å². The second-order valence-electron chi connectivity index (χ2n) is 8.13. The molecule has 0 spiro atoms. The van der Waals surface area contributed by atoms with E-state index >= 15 is 0 Å². The monoisotopic (exact) mass is 346 g/mol. The lowest BCUT2D eigenvalue weighted by Gasteiger charge is -2.41. The van der Waals surface area contributed by atoms with E-state index in [-0.39, 0.29) is 5.92 Å². The Bertz CT molecular complexity index is 628. The minimum absolute atomic E-state index is 0.251. The first-order valence-electron chi connectivity index (χ1n) is 9.51. The molecule has 25 heavy (non-hydrogen) atoms. The van der Waals surface area contributed by atoms with E-state index < -0.39 is 5.60 Å². The number of hydrogen-bond acceptors (Lipinski definition) is 7. The molecule has 138 valence electrons. The minimum atomic E-state index is -0.591. The van der Waals surface area contributed by atoms with Gasteiger partial charge in [-0.1, -0.05) is 13.3 Å². The van der Waals surface area contributed by atoms with Gasteiger partial charge in [-0.2, -0.15) is 9.97 Å². The molecular formula is C18H30N6O. The molecule has 7 nitrogen and oxygen atoms in total. The highest BCUT2D eigenvalue weighted by molar-refractivity contribution is 5.55. The van der Waals surface area contributed by atoms with Gasteiger partial charge in [0.05, 0.1) is 5.60 Å². The maximum absolute atomic E-state index is 11.2. The number of nitrogen functional groups attached to an aromatic ring is 1. The molecule has 1 aliphatic carbocycles. The van der Waals surface area contributed by atoms with E-state index in [0.717, 1.165) is 57.2 Å². The minimum Gasteiger partial charge on any atom is -0.387 e. The molecule has 2 saturated heterocycles. The van der Waals surface area contributed by atoms with Crippen LogP contribution in [-0.4, -0.2) is 71.9 Å². The Hall–Kier alpha value is -1.60. The number of nitrogens with two attached hydrogens (primary N) is 1. The van der Waals surface area contributed by atoms with Crippen LogP contribution >= 0.6 is 0 Å². The number of hydrogen-bond donors (Lipinski definition) is 2. The van der Waals surface area contributed by atoms with Gasteiger partial charge in [0.2, 0.25) is 5.95 Å². The van der Waals surface area contributed by atoms with Crippen molar-refractivity contribution in [2.75, 3.05) is 61.8 Å². The lowest BCUT2D eigenvalue weighted by Crippen LogP contribution is -2.47. The van der Waals surface area contributed by atoms with Crippen LogP contribution in [-0.2, 0) is 0 Å². The molecule has 3 heterocycles.